The molecular formula is C20H15Cl2N5O2S2. The van der Waals surface area contributed by atoms with Crippen molar-refractivity contribution in [2.75, 3.05) is 5.32 Å². The van der Waals surface area contributed by atoms with Gasteiger partial charge in [-0.25, -0.2) is 4.68 Å². The average Bonchev–Trinajstić information content (AvgIpc) is 3.21. The van der Waals surface area contributed by atoms with Gasteiger partial charge in [-0.15, -0.1) is 10.2 Å². The van der Waals surface area contributed by atoms with Gasteiger partial charge in [0.05, 0.1) is 5.39 Å². The van der Waals surface area contributed by atoms with Gasteiger partial charge in [0.15, 0.2) is 10.0 Å². The molecule has 31 heavy (non-hydrogen) atoms. The number of halogens is 2. The van der Waals surface area contributed by atoms with Crippen LogP contribution in [0.25, 0.3) is 10.8 Å². The zero-order chi connectivity index (χ0) is 22.0. The molecule has 0 unspecified atom stereocenters. The van der Waals surface area contributed by atoms with Crippen LogP contribution >= 0.6 is 46.3 Å². The van der Waals surface area contributed by atoms with E-state index in [2.05, 4.69) is 20.6 Å². The summed E-state index contributed by atoms with van der Waals surface area (Å²) >= 11 is 15.1. The second-order valence-electron chi connectivity index (χ2n) is 6.33. The lowest BCUT2D eigenvalue weighted by atomic mass is 10.1. The Balaban J connectivity index is 1.53. The molecule has 0 saturated carbocycles. The van der Waals surface area contributed by atoms with Crippen molar-refractivity contribution < 1.29 is 4.79 Å². The molecule has 2 heterocycles. The molecule has 0 radical (unpaired) electrons. The predicted molar refractivity (Wildman–Crippen MR) is 126 cm³/mol. The summed E-state index contributed by atoms with van der Waals surface area (Å²) in [5.74, 6) is 0.0645. The number of amides is 1. The molecule has 1 N–H and O–H groups in total. The van der Waals surface area contributed by atoms with Gasteiger partial charge in [0.1, 0.15) is 0 Å². The largest absolute Gasteiger partial charge is 0.295 e. The first-order valence-electron chi connectivity index (χ1n) is 9.18. The smallest absolute Gasteiger partial charge is 0.278 e. The number of aromatic nitrogens is 4. The maximum Gasteiger partial charge on any atom is 0.278 e. The van der Waals surface area contributed by atoms with Gasteiger partial charge in [0.25, 0.3) is 11.5 Å². The lowest BCUT2D eigenvalue weighted by molar-refractivity contribution is 0.102. The third-order valence-electron chi connectivity index (χ3n) is 4.41. The third-order valence-corrected chi connectivity index (χ3v) is 7.12. The number of carbonyl (C=O) groups is 1. The second kappa shape index (κ2) is 9.35. The normalized spacial score (nSPS) is 11.1. The molecular weight excluding hydrogens is 477 g/mol. The Labute approximate surface area is 195 Å². The minimum absolute atomic E-state index is 0.157. The molecule has 2 aromatic heterocycles. The monoisotopic (exact) mass is 491 g/mol. The molecule has 0 aliphatic rings. The molecule has 11 heteroatoms. The van der Waals surface area contributed by atoms with Crippen molar-refractivity contribution in [2.45, 2.75) is 23.6 Å². The molecule has 4 rings (SSSR count). The van der Waals surface area contributed by atoms with Gasteiger partial charge in [0.2, 0.25) is 5.13 Å². The summed E-state index contributed by atoms with van der Waals surface area (Å²) in [6, 6.07) is 12.2. The number of nitrogens with zero attached hydrogens (tertiary/aromatic N) is 4. The molecule has 0 saturated heterocycles. The summed E-state index contributed by atoms with van der Waals surface area (Å²) in [4.78, 5) is 25.4. The first kappa shape index (κ1) is 21.8. The van der Waals surface area contributed by atoms with Crippen molar-refractivity contribution in [3.8, 4) is 0 Å². The molecule has 7 nitrogen and oxygen atoms in total. The number of thioether (sulfide) groups is 1. The Hall–Kier alpha value is -2.46. The van der Waals surface area contributed by atoms with Crippen molar-refractivity contribution >= 4 is 68.1 Å². The predicted octanol–water partition coefficient (Wildman–Crippen LogP) is 5.12. The van der Waals surface area contributed by atoms with E-state index in [1.807, 2.05) is 0 Å². The van der Waals surface area contributed by atoms with E-state index in [-0.39, 0.29) is 11.3 Å². The SMILES string of the molecule is CCn1nc(C(=O)Nc2nnc(SCc3c(Cl)cccc3Cl)s2)c2ccccc2c1=O. The van der Waals surface area contributed by atoms with E-state index in [0.717, 1.165) is 5.56 Å². The Bertz CT molecular complexity index is 1320. The number of aryl methyl sites for hydroxylation is 1. The molecule has 0 atom stereocenters. The fraction of sp³-hybridized carbons (Fsp3) is 0.150. The lowest BCUT2D eigenvalue weighted by Crippen LogP contribution is -2.27. The van der Waals surface area contributed by atoms with Crippen molar-refractivity contribution in [1.82, 2.24) is 20.0 Å². The molecule has 0 aliphatic heterocycles. The van der Waals surface area contributed by atoms with Crippen LogP contribution in [-0.2, 0) is 12.3 Å². The molecule has 4 aromatic rings. The summed E-state index contributed by atoms with van der Waals surface area (Å²) in [7, 11) is 0. The summed E-state index contributed by atoms with van der Waals surface area (Å²) in [5.41, 5.74) is 0.737. The molecule has 0 fully saturated rings. The van der Waals surface area contributed by atoms with E-state index in [1.165, 1.54) is 27.8 Å². The number of carbonyl (C=O) groups excluding carboxylic acids is 1. The maximum atomic E-state index is 12.9. The minimum atomic E-state index is -0.458. The summed E-state index contributed by atoms with van der Waals surface area (Å²) in [6.45, 7) is 2.15. The number of anilines is 1. The number of hydrogen-bond acceptors (Lipinski definition) is 7. The summed E-state index contributed by atoms with van der Waals surface area (Å²) < 4.78 is 1.93. The Morgan fingerprint density at radius 3 is 2.52 bits per heavy atom. The van der Waals surface area contributed by atoms with Gasteiger partial charge < -0.3 is 0 Å². The van der Waals surface area contributed by atoms with Crippen LogP contribution in [0, 0.1) is 0 Å². The zero-order valence-electron chi connectivity index (χ0n) is 16.1. The summed E-state index contributed by atoms with van der Waals surface area (Å²) in [6.07, 6.45) is 0. The molecule has 158 valence electrons. The minimum Gasteiger partial charge on any atom is -0.295 e. The highest BCUT2D eigenvalue weighted by atomic mass is 35.5. The first-order chi connectivity index (χ1) is 15.0. The molecule has 2 aromatic carbocycles. The quantitative estimate of drug-likeness (QED) is 0.297. The topological polar surface area (TPSA) is 89.8 Å². The van der Waals surface area contributed by atoms with Crippen LogP contribution in [0.4, 0.5) is 5.13 Å². The molecule has 1 amide bonds. The molecule has 0 aliphatic carbocycles. The Kier molecular flexibility index (Phi) is 6.57. The highest BCUT2D eigenvalue weighted by Crippen LogP contribution is 2.33. The maximum absolute atomic E-state index is 12.9. The van der Waals surface area contributed by atoms with Crippen LogP contribution in [0.1, 0.15) is 23.0 Å². The average molecular weight is 492 g/mol. The lowest BCUT2D eigenvalue weighted by Gasteiger charge is -2.08. The van der Waals surface area contributed by atoms with Crippen molar-refractivity contribution in [2.24, 2.45) is 0 Å². The van der Waals surface area contributed by atoms with Crippen LogP contribution in [-0.4, -0.2) is 25.9 Å². The Morgan fingerprint density at radius 1 is 1.10 bits per heavy atom. The number of nitrogens with one attached hydrogen (secondary N) is 1. The third kappa shape index (κ3) is 4.59. The van der Waals surface area contributed by atoms with Gasteiger partial charge in [-0.2, -0.15) is 5.10 Å². The van der Waals surface area contributed by atoms with Gasteiger partial charge >= 0.3 is 0 Å². The fourth-order valence-electron chi connectivity index (χ4n) is 2.90. The van der Waals surface area contributed by atoms with Crippen LogP contribution in [0.5, 0.6) is 0 Å². The van der Waals surface area contributed by atoms with Crippen molar-refractivity contribution in [3.63, 3.8) is 0 Å². The molecule has 0 bridgehead atoms. The van der Waals surface area contributed by atoms with E-state index < -0.39 is 5.91 Å². The van der Waals surface area contributed by atoms with Crippen molar-refractivity contribution in [3.05, 3.63) is 74.1 Å². The van der Waals surface area contributed by atoms with E-state index in [1.54, 1.807) is 49.4 Å². The highest BCUT2D eigenvalue weighted by Gasteiger charge is 2.18. The van der Waals surface area contributed by atoms with Gasteiger partial charge in [-0.3, -0.25) is 14.9 Å². The van der Waals surface area contributed by atoms with E-state index in [9.17, 15) is 9.59 Å². The Morgan fingerprint density at radius 2 is 1.81 bits per heavy atom. The summed E-state index contributed by atoms with van der Waals surface area (Å²) in [5, 5.41) is 17.5. The number of hydrogen-bond donors (Lipinski definition) is 1. The standard InChI is InChI=1S/C20H15Cl2N5O2S2/c1-2-27-18(29)12-7-4-3-6-11(12)16(26-27)17(28)23-19-24-25-20(31-19)30-10-13-14(21)8-5-9-15(13)22/h3-9H,2,10H2,1H3,(H,23,24,28). The second-order valence-corrected chi connectivity index (χ2v) is 9.35. The number of rotatable bonds is 6. The number of benzene rings is 2. The van der Waals surface area contributed by atoms with Crippen LogP contribution in [0.15, 0.2) is 51.6 Å². The zero-order valence-corrected chi connectivity index (χ0v) is 19.3. The van der Waals surface area contributed by atoms with Gasteiger partial charge in [0, 0.05) is 27.7 Å². The van der Waals surface area contributed by atoms with Gasteiger partial charge in [-0.1, -0.05) is 70.6 Å². The fourth-order valence-corrected chi connectivity index (χ4v) is 5.38. The van der Waals surface area contributed by atoms with E-state index in [0.29, 0.717) is 42.6 Å². The molecule has 0 spiro atoms. The van der Waals surface area contributed by atoms with Crippen LogP contribution in [0.3, 0.4) is 0 Å². The van der Waals surface area contributed by atoms with Crippen LogP contribution < -0.4 is 10.9 Å². The van der Waals surface area contributed by atoms with Crippen molar-refractivity contribution in [1.29, 1.82) is 0 Å². The number of fused-ring (bicyclic) bond motifs is 1. The highest BCUT2D eigenvalue weighted by molar-refractivity contribution is 8.00. The van der Waals surface area contributed by atoms with E-state index >= 15 is 0 Å². The van der Waals surface area contributed by atoms with Crippen LogP contribution in [0.2, 0.25) is 10.0 Å². The van der Waals surface area contributed by atoms with E-state index in [4.69, 9.17) is 23.2 Å². The van der Waals surface area contributed by atoms with Gasteiger partial charge in [-0.05, 0) is 30.7 Å². The first-order valence-corrected chi connectivity index (χ1v) is 11.7.